The normalized spacial score (nSPS) is 24.4. The summed E-state index contributed by atoms with van der Waals surface area (Å²) in [5.74, 6) is -5.57. The number of halogens is 1. The van der Waals surface area contributed by atoms with E-state index in [4.69, 9.17) is 9.47 Å². The Balaban J connectivity index is 1.09. The van der Waals surface area contributed by atoms with Gasteiger partial charge in [0, 0.05) is 69.1 Å². The Hall–Kier alpha value is -8.70. The molecule has 0 spiro atoms. The Bertz CT molecular complexity index is 3490. The maximum Gasteiger partial charge on any atom is 0.246 e. The first-order valence-corrected chi connectivity index (χ1v) is 32.3. The molecular formula is C69H88FN11O11. The molecule has 492 valence electrons. The number of amides is 9. The Morgan fingerprint density at radius 1 is 0.739 bits per heavy atom. The molecule has 0 aliphatic carbocycles. The molecule has 10 bridgehead atoms. The number of aromatic nitrogens is 1. The third-order valence-electron chi connectivity index (χ3n) is 18.4. The van der Waals surface area contributed by atoms with Crippen LogP contribution in [0.1, 0.15) is 112 Å². The molecule has 8 N–H and O–H groups in total. The molecule has 4 aromatic carbocycles. The van der Waals surface area contributed by atoms with E-state index >= 15 is 23.6 Å². The van der Waals surface area contributed by atoms with E-state index in [1.54, 1.807) is 82.4 Å². The number of likely N-dealkylation sites (N-methyl/N-ethyl adjacent to an activating group) is 1. The number of carbonyl (C=O) groups excluding carboxylic acids is 9. The van der Waals surface area contributed by atoms with Crippen LogP contribution in [0.2, 0.25) is 0 Å². The fourth-order valence-electron chi connectivity index (χ4n) is 12.8. The van der Waals surface area contributed by atoms with Crippen molar-refractivity contribution in [1.82, 2.24) is 56.9 Å². The van der Waals surface area contributed by atoms with Crippen LogP contribution in [-0.2, 0) is 93.1 Å². The standard InChI is InChI=1S/C69H88FN11O11/c1-7-53-63(85)77-55(35-46-21-24-51(91-6)25-22-46)67(89)81-32-13-29-69(81,4)68(90)72-30-27-45-19-17-44(18-20-45)14-10-8-9-11-31-79-40-49(52-38-50(70)23-26-57(52)79)37-56-66(88)80-33-28-58(60(80)65(87)75-53)92-41-59(82)73-39-48-16-12-15-47(34-48)36-54(64(86)78-56)76-62(84)43(3)74-61(83)42(2)71-5/h12,15-26,34,38,40,42-43,53-56,58,60,71H,7-11,13-14,27-33,35-37,39,41H2,1-6H3,(H,72,90)(H,73,82)(H,74,83)(H,75,87)(H,76,84)(H,77,85)(H,78,86)/t42-,43+,53-,54-,55-,56-,58?,60-,69-/m0/s1. The number of benzene rings is 4. The molecule has 10 rings (SSSR count). The number of methoxy groups -OCH3 is 1. The maximum atomic E-state index is 15.9. The van der Waals surface area contributed by atoms with Gasteiger partial charge in [-0.05, 0) is 143 Å². The molecule has 1 aromatic heterocycles. The van der Waals surface area contributed by atoms with Crippen molar-refractivity contribution in [1.29, 1.82) is 0 Å². The van der Waals surface area contributed by atoms with Gasteiger partial charge in [0.25, 0.3) is 0 Å². The average molecular weight is 1270 g/mol. The topological polar surface area (TPSA) is 280 Å². The molecular weight excluding hydrogens is 1180 g/mol. The highest BCUT2D eigenvalue weighted by atomic mass is 19.1. The molecule has 5 aliphatic heterocycles. The summed E-state index contributed by atoms with van der Waals surface area (Å²) < 4.78 is 29.2. The van der Waals surface area contributed by atoms with Gasteiger partial charge < -0.3 is 66.4 Å². The largest absolute Gasteiger partial charge is 0.497 e. The third-order valence-corrected chi connectivity index (χ3v) is 18.4. The summed E-state index contributed by atoms with van der Waals surface area (Å²) in [6.07, 6.45) is 6.30. The molecule has 0 radical (unpaired) electrons. The van der Waals surface area contributed by atoms with Gasteiger partial charge in [-0.3, -0.25) is 43.2 Å². The molecule has 5 aromatic rings. The number of carbonyl (C=O) groups is 9. The summed E-state index contributed by atoms with van der Waals surface area (Å²) in [5.41, 5.74) is 4.08. The van der Waals surface area contributed by atoms with Gasteiger partial charge in [-0.25, -0.2) is 4.39 Å². The van der Waals surface area contributed by atoms with Crippen molar-refractivity contribution >= 4 is 64.1 Å². The molecule has 22 nitrogen and oxygen atoms in total. The van der Waals surface area contributed by atoms with Crippen molar-refractivity contribution in [2.45, 2.75) is 178 Å². The highest BCUT2D eigenvalue weighted by Gasteiger charge is 2.49. The van der Waals surface area contributed by atoms with E-state index in [0.29, 0.717) is 71.3 Å². The lowest BCUT2D eigenvalue weighted by Crippen LogP contribution is -2.62. The molecule has 9 atom stereocenters. The third kappa shape index (κ3) is 16.7. The molecule has 6 heterocycles. The van der Waals surface area contributed by atoms with Crippen molar-refractivity contribution in [2.24, 2.45) is 0 Å². The average Bonchev–Trinajstić information content (AvgIpc) is 1.67. The number of nitrogens with one attached hydrogen (secondary N) is 8. The van der Waals surface area contributed by atoms with E-state index in [1.807, 2.05) is 10.8 Å². The van der Waals surface area contributed by atoms with Gasteiger partial charge in [0.15, 0.2) is 0 Å². The second-order valence-electron chi connectivity index (χ2n) is 24.9. The molecule has 2 saturated heterocycles. The number of hydrogen-bond acceptors (Lipinski definition) is 12. The monoisotopic (exact) mass is 1270 g/mol. The quantitative estimate of drug-likeness (QED) is 0.105. The number of ether oxygens (including phenoxy) is 2. The minimum Gasteiger partial charge on any atom is -0.497 e. The first-order chi connectivity index (χ1) is 44.2. The van der Waals surface area contributed by atoms with Crippen LogP contribution in [-0.4, -0.2) is 162 Å². The minimum absolute atomic E-state index is 0.00565. The van der Waals surface area contributed by atoms with E-state index in [1.165, 1.54) is 41.5 Å². The van der Waals surface area contributed by atoms with Crippen LogP contribution in [0.4, 0.5) is 4.39 Å². The molecule has 1 unspecified atom stereocenters. The highest BCUT2D eigenvalue weighted by molar-refractivity contribution is 5.99. The highest BCUT2D eigenvalue weighted by Crippen LogP contribution is 2.32. The smallest absolute Gasteiger partial charge is 0.246 e. The predicted molar refractivity (Wildman–Crippen MR) is 343 cm³/mol. The summed E-state index contributed by atoms with van der Waals surface area (Å²) >= 11 is 0. The summed E-state index contributed by atoms with van der Waals surface area (Å²) in [6, 6.07) is 18.2. The van der Waals surface area contributed by atoms with E-state index in [9.17, 15) is 24.0 Å². The van der Waals surface area contributed by atoms with Crippen molar-refractivity contribution in [2.75, 3.05) is 40.4 Å². The predicted octanol–water partition coefficient (Wildman–Crippen LogP) is 3.75. The van der Waals surface area contributed by atoms with Gasteiger partial charge in [0.05, 0.1) is 19.3 Å². The van der Waals surface area contributed by atoms with Crippen LogP contribution in [0, 0.1) is 5.82 Å². The maximum absolute atomic E-state index is 15.9. The summed E-state index contributed by atoms with van der Waals surface area (Å²) in [6.45, 7) is 7.04. The van der Waals surface area contributed by atoms with Crippen LogP contribution in [0.15, 0.2) is 97.2 Å². The second-order valence-corrected chi connectivity index (χ2v) is 24.9. The lowest BCUT2D eigenvalue weighted by atomic mass is 9.95. The van der Waals surface area contributed by atoms with Gasteiger partial charge in [0.2, 0.25) is 53.2 Å². The second kappa shape index (κ2) is 31.1. The van der Waals surface area contributed by atoms with E-state index in [0.717, 1.165) is 37.7 Å². The zero-order valence-corrected chi connectivity index (χ0v) is 53.5. The van der Waals surface area contributed by atoms with Crippen LogP contribution < -0.4 is 47.3 Å². The Morgan fingerprint density at radius 3 is 2.21 bits per heavy atom. The van der Waals surface area contributed by atoms with Crippen molar-refractivity contribution in [3.63, 3.8) is 0 Å². The number of rotatable bonds is 9. The van der Waals surface area contributed by atoms with E-state index in [2.05, 4.69) is 66.8 Å². The molecule has 0 saturated carbocycles. The SMILES string of the molecule is CC[C@@H]1NC(=O)[C@@H]2C3CCN2C(=O)[C@H](Cc2cn(c4ccc(F)cc24)CCCCCCc2ccc(cc2)CCNC(=O)[C@]2(C)CCCN2C(=O)[C@H](Cc2ccc(OC)cc2)NC1=O)NC(=O)[C@@H](NC(=O)[C@@H](C)NC(=O)[C@H](C)NC)Cc1cccc(c1)CNC(=O)CO3. The molecule has 2 fully saturated rings. The molecule has 23 heteroatoms. The van der Waals surface area contributed by atoms with Gasteiger partial charge in [-0.2, -0.15) is 0 Å². The Morgan fingerprint density at radius 2 is 1.47 bits per heavy atom. The van der Waals surface area contributed by atoms with Gasteiger partial charge in [-0.1, -0.05) is 80.4 Å². The Labute approximate surface area is 536 Å². The first kappa shape index (κ1) is 67.7. The first-order valence-electron chi connectivity index (χ1n) is 32.3. The fourth-order valence-corrected chi connectivity index (χ4v) is 12.8. The number of hydrogen-bond donors (Lipinski definition) is 8. The fraction of sp³-hybridized carbons (Fsp3) is 0.493. The van der Waals surface area contributed by atoms with Gasteiger partial charge >= 0.3 is 0 Å². The van der Waals surface area contributed by atoms with Gasteiger partial charge in [-0.15, -0.1) is 0 Å². The summed E-state index contributed by atoms with van der Waals surface area (Å²) in [4.78, 5) is 134. The Kier molecular flexibility index (Phi) is 22.9. The van der Waals surface area contributed by atoms with Crippen molar-refractivity contribution < 1.29 is 57.0 Å². The number of fused-ring (bicyclic) bond motifs is 19. The summed E-state index contributed by atoms with van der Waals surface area (Å²) in [5, 5.41) is 23.5. The van der Waals surface area contributed by atoms with Crippen LogP contribution >= 0.6 is 0 Å². The van der Waals surface area contributed by atoms with E-state index in [-0.39, 0.29) is 57.6 Å². The van der Waals surface area contributed by atoms with Crippen LogP contribution in [0.25, 0.3) is 10.9 Å². The lowest BCUT2D eigenvalue weighted by molar-refractivity contribution is -0.147. The zero-order valence-electron chi connectivity index (χ0n) is 53.5. The van der Waals surface area contributed by atoms with Crippen LogP contribution in [0.5, 0.6) is 5.75 Å². The van der Waals surface area contributed by atoms with Crippen LogP contribution in [0.3, 0.4) is 0 Å². The lowest BCUT2D eigenvalue weighted by Gasteiger charge is -2.37. The van der Waals surface area contributed by atoms with Crippen molar-refractivity contribution in [3.8, 4) is 5.75 Å². The minimum atomic E-state index is -1.51. The molecule has 9 amide bonds. The molecule has 92 heavy (non-hydrogen) atoms. The summed E-state index contributed by atoms with van der Waals surface area (Å²) in [7, 11) is 3.13. The number of nitrogens with zero attached hydrogens (tertiary/aromatic N) is 3. The molecule has 5 aliphatic rings. The zero-order chi connectivity index (χ0) is 65.6. The van der Waals surface area contributed by atoms with Gasteiger partial charge in [0.1, 0.15) is 60.0 Å². The van der Waals surface area contributed by atoms with E-state index < -0.39 is 114 Å². The number of aryl methyl sites for hydroxylation is 2. The van der Waals surface area contributed by atoms with Crippen molar-refractivity contribution in [3.05, 3.63) is 136 Å².